The lowest BCUT2D eigenvalue weighted by Gasteiger charge is -2.44. The molecule has 9 nitrogen and oxygen atoms in total. The van der Waals surface area contributed by atoms with Crippen LogP contribution in [0.1, 0.15) is 0 Å². The minimum Gasteiger partial charge on any atom is -0.311 e. The third kappa shape index (κ3) is 8.56. The van der Waals surface area contributed by atoms with Gasteiger partial charge in [0.2, 0.25) is 0 Å². The molecule has 12 aromatic carbocycles. The zero-order chi connectivity index (χ0) is 58.1. The van der Waals surface area contributed by atoms with Crippen molar-refractivity contribution in [2.75, 3.05) is 9.80 Å². The molecule has 2 aliphatic rings. The molecule has 0 saturated carbocycles. The third-order valence-corrected chi connectivity index (χ3v) is 17.1. The molecule has 0 N–H and O–H groups in total. The summed E-state index contributed by atoms with van der Waals surface area (Å²) in [5.41, 5.74) is 20.6. The predicted octanol–water partition coefficient (Wildman–Crippen LogP) is 16.9. The standard InChI is InChI=1S/C78H50BN9/c1-6-25-51(26-7-1)73-80-74(52-27-8-2-9-28-52)82-77(81-73)56-45-46-67(88-65-41-20-16-37-60(65)61-38-17-21-42-66(61)88)62(48-56)78-84-75(53-29-10-3-11-30-53)83-76(85-78)55-32-24-31-54(47-55)57-49-70-72-71(50-57)87(59-35-14-5-15-36-59)69-44-23-19-40-64(69)79(72)63-39-18-22-43-68(63)86(70)58-33-12-4-13-34-58/h1-50H. The monoisotopic (exact) mass is 1120 g/mol. The van der Waals surface area contributed by atoms with Gasteiger partial charge in [0.25, 0.3) is 6.71 Å². The van der Waals surface area contributed by atoms with E-state index in [4.69, 9.17) is 29.9 Å². The fraction of sp³-hybridized carbons (Fsp3) is 0. The van der Waals surface area contributed by atoms with Crippen LogP contribution in [0.25, 0.3) is 107 Å². The highest BCUT2D eigenvalue weighted by Gasteiger charge is 2.43. The van der Waals surface area contributed by atoms with Crippen LogP contribution in [0, 0.1) is 0 Å². The highest BCUT2D eigenvalue weighted by Crippen LogP contribution is 2.47. The molecule has 0 fully saturated rings. The maximum Gasteiger partial charge on any atom is 0.252 e. The molecule has 88 heavy (non-hydrogen) atoms. The minimum atomic E-state index is -0.00869. The molecule has 5 heterocycles. The lowest BCUT2D eigenvalue weighted by atomic mass is 9.33. The number of hydrogen-bond acceptors (Lipinski definition) is 8. The van der Waals surface area contributed by atoms with Gasteiger partial charge in [-0.1, -0.05) is 218 Å². The van der Waals surface area contributed by atoms with Crippen molar-refractivity contribution in [3.05, 3.63) is 303 Å². The second kappa shape index (κ2) is 21.0. The Morgan fingerprint density at radius 2 is 0.614 bits per heavy atom. The van der Waals surface area contributed by atoms with Crippen molar-refractivity contribution >= 4 is 79.0 Å². The lowest BCUT2D eigenvalue weighted by Crippen LogP contribution is -2.61. The van der Waals surface area contributed by atoms with Crippen LogP contribution in [0.5, 0.6) is 0 Å². The van der Waals surface area contributed by atoms with Crippen LogP contribution in [-0.2, 0) is 0 Å². The number of rotatable bonds is 10. The molecular weight excluding hydrogens is 1070 g/mol. The molecule has 0 radical (unpaired) electrons. The van der Waals surface area contributed by atoms with Crippen molar-refractivity contribution in [2.24, 2.45) is 0 Å². The van der Waals surface area contributed by atoms with E-state index in [1.165, 1.54) is 16.4 Å². The molecule has 0 saturated heterocycles. The van der Waals surface area contributed by atoms with E-state index in [1.807, 2.05) is 78.9 Å². The van der Waals surface area contributed by atoms with Gasteiger partial charge in [-0.25, -0.2) is 29.9 Å². The van der Waals surface area contributed by atoms with Crippen LogP contribution in [-0.4, -0.2) is 41.2 Å². The minimum absolute atomic E-state index is 0.00869. The molecule has 0 amide bonds. The van der Waals surface area contributed by atoms with Gasteiger partial charge < -0.3 is 14.4 Å². The second-order valence-electron chi connectivity index (χ2n) is 22.2. The molecule has 0 bridgehead atoms. The van der Waals surface area contributed by atoms with Gasteiger partial charge in [-0.05, 0) is 112 Å². The summed E-state index contributed by atoms with van der Waals surface area (Å²) in [5, 5.41) is 2.28. The molecule has 0 spiro atoms. The summed E-state index contributed by atoms with van der Waals surface area (Å²) < 4.78 is 2.33. The third-order valence-electron chi connectivity index (χ3n) is 17.1. The fourth-order valence-electron chi connectivity index (χ4n) is 13.1. The van der Waals surface area contributed by atoms with Crippen molar-refractivity contribution in [3.8, 4) is 85.1 Å². The van der Waals surface area contributed by atoms with Crippen LogP contribution in [0.15, 0.2) is 303 Å². The molecule has 17 rings (SSSR count). The number of para-hydroxylation sites is 6. The first-order chi connectivity index (χ1) is 43.6. The molecule has 10 heteroatoms. The highest BCUT2D eigenvalue weighted by molar-refractivity contribution is 7.00. The first kappa shape index (κ1) is 50.6. The van der Waals surface area contributed by atoms with Crippen LogP contribution >= 0.6 is 0 Å². The summed E-state index contributed by atoms with van der Waals surface area (Å²) in [7, 11) is 0. The number of fused-ring (bicyclic) bond motifs is 7. The van der Waals surface area contributed by atoms with Crippen LogP contribution in [0.3, 0.4) is 0 Å². The van der Waals surface area contributed by atoms with E-state index >= 15 is 0 Å². The molecule has 0 aliphatic carbocycles. The smallest absolute Gasteiger partial charge is 0.252 e. The van der Waals surface area contributed by atoms with Crippen molar-refractivity contribution in [3.63, 3.8) is 0 Å². The van der Waals surface area contributed by atoms with Gasteiger partial charge in [0.1, 0.15) is 0 Å². The largest absolute Gasteiger partial charge is 0.311 e. The molecule has 410 valence electrons. The Morgan fingerprint density at radius 3 is 1.10 bits per heavy atom. The van der Waals surface area contributed by atoms with Crippen molar-refractivity contribution in [1.29, 1.82) is 0 Å². The van der Waals surface area contributed by atoms with E-state index in [0.717, 1.165) is 106 Å². The van der Waals surface area contributed by atoms with Crippen LogP contribution < -0.4 is 26.2 Å². The summed E-state index contributed by atoms with van der Waals surface area (Å²) in [6.45, 7) is -0.00869. The number of hydrogen-bond donors (Lipinski definition) is 0. The molecular formula is C78H50BN9. The number of anilines is 6. The van der Waals surface area contributed by atoms with Crippen molar-refractivity contribution < 1.29 is 0 Å². The van der Waals surface area contributed by atoms with E-state index in [2.05, 4.69) is 239 Å². The first-order valence-corrected chi connectivity index (χ1v) is 29.6. The molecule has 0 atom stereocenters. The topological polar surface area (TPSA) is 88.8 Å². The van der Waals surface area contributed by atoms with E-state index < -0.39 is 0 Å². The average molecular weight is 1120 g/mol. The Kier molecular flexibility index (Phi) is 12.1. The van der Waals surface area contributed by atoms with Gasteiger partial charge in [-0.2, -0.15) is 0 Å². The van der Waals surface area contributed by atoms with Gasteiger partial charge in [-0.15, -0.1) is 0 Å². The van der Waals surface area contributed by atoms with Crippen LogP contribution in [0.2, 0.25) is 0 Å². The Bertz CT molecular complexity index is 4950. The summed E-state index contributed by atoms with van der Waals surface area (Å²) in [6.07, 6.45) is 0. The lowest BCUT2D eigenvalue weighted by molar-refractivity contribution is 1.06. The van der Waals surface area contributed by atoms with E-state index in [0.29, 0.717) is 34.9 Å². The van der Waals surface area contributed by atoms with Gasteiger partial charge in [0, 0.05) is 78.3 Å². The van der Waals surface area contributed by atoms with Gasteiger partial charge in [0.05, 0.1) is 16.7 Å². The quantitative estimate of drug-likeness (QED) is 0.125. The van der Waals surface area contributed by atoms with Gasteiger partial charge >= 0.3 is 0 Å². The predicted molar refractivity (Wildman–Crippen MR) is 360 cm³/mol. The number of benzene rings is 12. The summed E-state index contributed by atoms with van der Waals surface area (Å²) in [5.74, 6) is 3.23. The summed E-state index contributed by atoms with van der Waals surface area (Å²) >= 11 is 0. The Morgan fingerprint density at radius 1 is 0.239 bits per heavy atom. The first-order valence-electron chi connectivity index (χ1n) is 29.6. The zero-order valence-corrected chi connectivity index (χ0v) is 47.5. The SMILES string of the molecule is c1ccc(-c2nc(-c3ccccc3)nc(-c3ccc(-n4c5ccccc5c5ccccc54)c(-c4nc(-c5ccccc5)nc(-c5cccc(-c6cc7c8c(c6)N(c6ccccc6)c6ccccc6B8c6ccccc6N7c6ccccc6)c5)n4)c3)n2)cc1. The van der Waals surface area contributed by atoms with E-state index in [1.54, 1.807) is 0 Å². The van der Waals surface area contributed by atoms with Crippen molar-refractivity contribution in [1.82, 2.24) is 34.5 Å². The molecule has 0 unspecified atom stereocenters. The molecule has 3 aromatic heterocycles. The Balaban J connectivity index is 0.890. The zero-order valence-electron chi connectivity index (χ0n) is 47.5. The Labute approximate surface area is 509 Å². The van der Waals surface area contributed by atoms with Crippen LogP contribution in [0.4, 0.5) is 34.1 Å². The number of aromatic nitrogens is 7. The fourth-order valence-corrected chi connectivity index (χ4v) is 13.1. The van der Waals surface area contributed by atoms with E-state index in [9.17, 15) is 0 Å². The maximum absolute atomic E-state index is 5.60. The van der Waals surface area contributed by atoms with E-state index in [-0.39, 0.29) is 6.71 Å². The second-order valence-corrected chi connectivity index (χ2v) is 22.2. The van der Waals surface area contributed by atoms with Crippen molar-refractivity contribution in [2.45, 2.75) is 0 Å². The normalized spacial score (nSPS) is 12.2. The number of nitrogens with zero attached hydrogens (tertiary/aromatic N) is 9. The Hall–Kier alpha value is -11.9. The average Bonchev–Trinajstić information content (AvgIpc) is 0.829. The van der Waals surface area contributed by atoms with Gasteiger partial charge in [0.15, 0.2) is 34.9 Å². The molecule has 2 aliphatic heterocycles. The summed E-state index contributed by atoms with van der Waals surface area (Å²) in [4.78, 5) is 36.9. The summed E-state index contributed by atoms with van der Waals surface area (Å²) in [6, 6.07) is 107. The molecule has 15 aromatic rings. The highest BCUT2D eigenvalue weighted by atomic mass is 15.2. The van der Waals surface area contributed by atoms with Gasteiger partial charge in [-0.3, -0.25) is 0 Å². The maximum atomic E-state index is 5.60.